The van der Waals surface area contributed by atoms with Gasteiger partial charge >= 0.3 is 0 Å². The van der Waals surface area contributed by atoms with E-state index >= 15 is 0 Å². The fourth-order valence-corrected chi connectivity index (χ4v) is 4.75. The molecule has 1 aromatic heterocycles. The van der Waals surface area contributed by atoms with E-state index in [2.05, 4.69) is 32.2 Å². The van der Waals surface area contributed by atoms with Crippen LogP contribution in [0.15, 0.2) is 24.3 Å². The number of ether oxygens (including phenoxy) is 1. The number of halogens is 1. The minimum Gasteiger partial charge on any atom is -0.375 e. The van der Waals surface area contributed by atoms with E-state index in [9.17, 15) is 4.79 Å². The van der Waals surface area contributed by atoms with Crippen molar-refractivity contribution in [2.24, 2.45) is 5.92 Å². The molecule has 3 heterocycles. The second kappa shape index (κ2) is 7.81. The van der Waals surface area contributed by atoms with Crippen molar-refractivity contribution in [2.45, 2.75) is 25.3 Å². The van der Waals surface area contributed by atoms with E-state index in [-0.39, 0.29) is 17.9 Å². The molecule has 0 aliphatic carbocycles. The van der Waals surface area contributed by atoms with Crippen LogP contribution in [0.5, 0.6) is 0 Å². The number of amides is 1. The first kappa shape index (κ1) is 19.4. The van der Waals surface area contributed by atoms with Gasteiger partial charge in [-0.1, -0.05) is 23.7 Å². The lowest BCUT2D eigenvalue weighted by Crippen LogP contribution is -2.52. The number of methoxy groups -OCH3 is 1. The fourth-order valence-electron chi connectivity index (χ4n) is 4.63. The number of hydrogen-bond acceptors (Lipinski definition) is 5. The molecule has 2 aromatic rings. The summed E-state index contributed by atoms with van der Waals surface area (Å²) in [6.45, 7) is 6.14. The van der Waals surface area contributed by atoms with Crippen molar-refractivity contribution in [3.8, 4) is 0 Å². The number of nitrogens with zero attached hydrogens (tertiary/aromatic N) is 4. The van der Waals surface area contributed by atoms with Gasteiger partial charge in [0.2, 0.25) is 5.91 Å². The van der Waals surface area contributed by atoms with Gasteiger partial charge in [-0.25, -0.2) is 4.98 Å². The Hall–Kier alpha value is -1.96. The van der Waals surface area contributed by atoms with Crippen LogP contribution in [0.3, 0.4) is 0 Å². The quantitative estimate of drug-likeness (QED) is 0.826. The molecule has 0 spiro atoms. The molecule has 2 saturated heterocycles. The van der Waals surface area contributed by atoms with Gasteiger partial charge in [0, 0.05) is 50.8 Å². The highest BCUT2D eigenvalue weighted by molar-refractivity contribution is 6.30. The van der Waals surface area contributed by atoms with Crippen molar-refractivity contribution in [3.63, 3.8) is 0 Å². The fraction of sp³-hybridized carbons (Fsp3) is 0.550. The summed E-state index contributed by atoms with van der Waals surface area (Å²) in [5.74, 6) is 2.06. The Labute approximate surface area is 170 Å². The second-order valence-corrected chi connectivity index (χ2v) is 8.35. The monoisotopic (exact) mass is 403 g/mol. The molecule has 4 rings (SSSR count). The van der Waals surface area contributed by atoms with E-state index in [0.29, 0.717) is 19.0 Å². The molecule has 0 bridgehead atoms. The third-order valence-electron chi connectivity index (χ3n) is 6.02. The minimum atomic E-state index is -0.124. The summed E-state index contributed by atoms with van der Waals surface area (Å²) in [4.78, 5) is 21.4. The molecule has 2 atom stereocenters. The van der Waals surface area contributed by atoms with Gasteiger partial charge in [-0.3, -0.25) is 14.8 Å². The Morgan fingerprint density at radius 2 is 2.14 bits per heavy atom. The van der Waals surface area contributed by atoms with Crippen molar-refractivity contribution < 1.29 is 9.53 Å². The van der Waals surface area contributed by atoms with Gasteiger partial charge in [0.05, 0.1) is 5.41 Å². The second-order valence-electron chi connectivity index (χ2n) is 7.92. The molecule has 1 N–H and O–H groups in total. The average molecular weight is 404 g/mol. The zero-order chi connectivity index (χ0) is 19.7. The van der Waals surface area contributed by atoms with E-state index in [1.807, 2.05) is 24.0 Å². The summed E-state index contributed by atoms with van der Waals surface area (Å²) in [6.07, 6.45) is 0.863. The van der Waals surface area contributed by atoms with Crippen LogP contribution in [-0.2, 0) is 21.5 Å². The number of aromatic nitrogens is 3. The lowest BCUT2D eigenvalue weighted by Gasteiger charge is -2.41. The van der Waals surface area contributed by atoms with E-state index in [4.69, 9.17) is 16.3 Å². The topological polar surface area (TPSA) is 74.3 Å². The Kier molecular flexibility index (Phi) is 5.40. The summed E-state index contributed by atoms with van der Waals surface area (Å²) in [5, 5.41) is 8.28. The van der Waals surface area contributed by atoms with Crippen LogP contribution in [0, 0.1) is 12.8 Å². The van der Waals surface area contributed by atoms with Gasteiger partial charge in [-0.2, -0.15) is 5.10 Å². The number of aryl methyl sites for hydroxylation is 1. The number of piperidine rings is 1. The number of likely N-dealkylation sites (tertiary alicyclic amines) is 2. The minimum absolute atomic E-state index is 0.0541. The Morgan fingerprint density at radius 3 is 2.82 bits per heavy atom. The van der Waals surface area contributed by atoms with Gasteiger partial charge in [0.25, 0.3) is 0 Å². The van der Waals surface area contributed by atoms with Crippen molar-refractivity contribution in [3.05, 3.63) is 46.5 Å². The molecule has 150 valence electrons. The van der Waals surface area contributed by atoms with E-state index in [1.165, 1.54) is 5.56 Å². The summed E-state index contributed by atoms with van der Waals surface area (Å²) in [5.41, 5.74) is 1.11. The first-order chi connectivity index (χ1) is 13.5. The predicted octanol–water partition coefficient (Wildman–Crippen LogP) is 2.02. The largest absolute Gasteiger partial charge is 0.375 e. The molecule has 0 radical (unpaired) electrons. The number of hydrogen-bond donors (Lipinski definition) is 1. The third kappa shape index (κ3) is 3.66. The van der Waals surface area contributed by atoms with Crippen molar-refractivity contribution in [2.75, 3.05) is 39.9 Å². The molecule has 1 amide bonds. The number of carbonyl (C=O) groups excluding carboxylic acids is 1. The Morgan fingerprint density at radius 1 is 1.36 bits per heavy atom. The smallest absolute Gasteiger partial charge is 0.248 e. The molecule has 8 heteroatoms. The van der Waals surface area contributed by atoms with Crippen LogP contribution < -0.4 is 0 Å². The van der Waals surface area contributed by atoms with Crippen LogP contribution in [-0.4, -0.2) is 70.8 Å². The number of nitrogens with one attached hydrogen (secondary N) is 1. The summed E-state index contributed by atoms with van der Waals surface area (Å²) in [7, 11) is 1.56. The number of aromatic amines is 1. The Balaban J connectivity index is 1.56. The van der Waals surface area contributed by atoms with E-state index in [1.54, 1.807) is 7.11 Å². The lowest BCUT2D eigenvalue weighted by molar-refractivity contribution is -0.137. The summed E-state index contributed by atoms with van der Waals surface area (Å²) < 4.78 is 5.05. The lowest BCUT2D eigenvalue weighted by atomic mass is 9.72. The van der Waals surface area contributed by atoms with Crippen LogP contribution in [0.2, 0.25) is 5.02 Å². The maximum Gasteiger partial charge on any atom is 0.248 e. The maximum atomic E-state index is 12.4. The number of benzene rings is 1. The maximum absolute atomic E-state index is 12.4. The van der Waals surface area contributed by atoms with Gasteiger partial charge < -0.3 is 9.64 Å². The molecular formula is C20H26ClN5O2. The number of carbonyl (C=O) groups is 1. The molecular weight excluding hydrogens is 378 g/mol. The Bertz CT molecular complexity index is 839. The van der Waals surface area contributed by atoms with Crippen LogP contribution in [0.25, 0.3) is 0 Å². The molecule has 0 unspecified atom stereocenters. The molecule has 2 aliphatic heterocycles. The molecule has 28 heavy (non-hydrogen) atoms. The summed E-state index contributed by atoms with van der Waals surface area (Å²) >= 11 is 6.02. The van der Waals surface area contributed by atoms with E-state index in [0.717, 1.165) is 42.7 Å². The number of fused-ring (bicyclic) bond motifs is 1. The van der Waals surface area contributed by atoms with Gasteiger partial charge in [0.1, 0.15) is 12.4 Å². The highest BCUT2D eigenvalue weighted by Crippen LogP contribution is 2.44. The third-order valence-corrected chi connectivity index (χ3v) is 6.27. The summed E-state index contributed by atoms with van der Waals surface area (Å²) in [6, 6.07) is 8.00. The molecule has 2 fully saturated rings. The molecule has 2 aliphatic rings. The van der Waals surface area contributed by atoms with Gasteiger partial charge in [-0.15, -0.1) is 0 Å². The SMILES string of the molecule is COCC(=O)N1CC[C@@]2(c3n[nH]c(C)n3)CN(Cc3ccc(Cl)cc3)C[C@H]2C1. The standard InChI is InChI=1S/C20H26ClN5O2/c1-14-22-19(24-23-14)20-7-8-26(18(27)12-28-2)11-16(20)10-25(13-20)9-15-3-5-17(21)6-4-15/h3-6,16H,7-13H2,1-2H3,(H,22,23,24)/t16-,20+/m0/s1. The van der Waals surface area contributed by atoms with E-state index < -0.39 is 0 Å². The molecule has 1 aromatic carbocycles. The van der Waals surface area contributed by atoms with Crippen LogP contribution >= 0.6 is 11.6 Å². The van der Waals surface area contributed by atoms with Gasteiger partial charge in [-0.05, 0) is 31.0 Å². The highest BCUT2D eigenvalue weighted by atomic mass is 35.5. The highest BCUT2D eigenvalue weighted by Gasteiger charge is 2.53. The predicted molar refractivity (Wildman–Crippen MR) is 106 cm³/mol. The van der Waals surface area contributed by atoms with Crippen molar-refractivity contribution in [1.82, 2.24) is 25.0 Å². The van der Waals surface area contributed by atoms with Gasteiger partial charge in [0.15, 0.2) is 5.82 Å². The number of H-pyrrole nitrogens is 1. The zero-order valence-electron chi connectivity index (χ0n) is 16.3. The first-order valence-electron chi connectivity index (χ1n) is 9.63. The van der Waals surface area contributed by atoms with Crippen LogP contribution in [0.1, 0.15) is 23.6 Å². The molecule has 7 nitrogen and oxygen atoms in total. The molecule has 0 saturated carbocycles. The van der Waals surface area contributed by atoms with Crippen molar-refractivity contribution >= 4 is 17.5 Å². The van der Waals surface area contributed by atoms with Crippen molar-refractivity contribution in [1.29, 1.82) is 0 Å². The first-order valence-corrected chi connectivity index (χ1v) is 10.0. The number of rotatable bonds is 5. The normalized spacial score (nSPS) is 25.1. The average Bonchev–Trinajstić information content (AvgIpc) is 3.27. The van der Waals surface area contributed by atoms with Crippen LogP contribution in [0.4, 0.5) is 0 Å². The zero-order valence-corrected chi connectivity index (χ0v) is 17.1.